The van der Waals surface area contributed by atoms with E-state index >= 15 is 0 Å². The Hall–Kier alpha value is -1.67. The summed E-state index contributed by atoms with van der Waals surface area (Å²) in [5, 5.41) is 0.789. The number of aryl methyl sites for hydroxylation is 1. The Balaban J connectivity index is 2.34. The molecular weight excluding hydrogens is 258 g/mol. The van der Waals surface area contributed by atoms with Crippen LogP contribution in [0.3, 0.4) is 0 Å². The zero-order valence-electron chi connectivity index (χ0n) is 11.4. The number of hydrogen-bond donors (Lipinski definition) is 1. The highest BCUT2D eigenvalue weighted by molar-refractivity contribution is 6.31. The smallest absolute Gasteiger partial charge is 0.130 e. The highest BCUT2D eigenvalue weighted by Gasteiger charge is 2.10. The lowest BCUT2D eigenvalue weighted by molar-refractivity contribution is 0.478. The highest BCUT2D eigenvalue weighted by Crippen LogP contribution is 2.33. The normalized spacial score (nSPS) is 10.8. The summed E-state index contributed by atoms with van der Waals surface area (Å²) in [4.78, 5) is 0. The summed E-state index contributed by atoms with van der Waals surface area (Å²) < 4.78 is 5.90. The molecule has 3 heteroatoms. The van der Waals surface area contributed by atoms with Crippen molar-refractivity contribution in [2.75, 3.05) is 5.73 Å². The Labute approximate surface area is 119 Å². The van der Waals surface area contributed by atoms with Crippen molar-refractivity contribution in [2.24, 2.45) is 0 Å². The summed E-state index contributed by atoms with van der Waals surface area (Å²) in [7, 11) is 0. The SMILES string of the molecule is Cc1cc(Cl)c(C(C)C)cc1Oc1ccc(N)cc1. The van der Waals surface area contributed by atoms with Crippen molar-refractivity contribution in [3.8, 4) is 11.5 Å². The summed E-state index contributed by atoms with van der Waals surface area (Å²) in [6.45, 7) is 6.22. The van der Waals surface area contributed by atoms with Crippen molar-refractivity contribution in [3.63, 3.8) is 0 Å². The van der Waals surface area contributed by atoms with E-state index in [0.29, 0.717) is 5.92 Å². The Bertz CT molecular complexity index is 576. The number of ether oxygens (including phenoxy) is 1. The molecule has 100 valence electrons. The zero-order valence-corrected chi connectivity index (χ0v) is 12.2. The van der Waals surface area contributed by atoms with Crippen molar-refractivity contribution in [2.45, 2.75) is 26.7 Å². The van der Waals surface area contributed by atoms with Gasteiger partial charge in [-0.1, -0.05) is 25.4 Å². The van der Waals surface area contributed by atoms with E-state index in [2.05, 4.69) is 13.8 Å². The summed E-state index contributed by atoms with van der Waals surface area (Å²) in [6, 6.07) is 11.3. The van der Waals surface area contributed by atoms with Gasteiger partial charge in [0.1, 0.15) is 11.5 Å². The number of hydrogen-bond acceptors (Lipinski definition) is 2. The number of benzene rings is 2. The first-order valence-corrected chi connectivity index (χ1v) is 6.68. The molecular formula is C16H18ClNO. The van der Waals surface area contributed by atoms with Gasteiger partial charge in [0.2, 0.25) is 0 Å². The molecule has 0 atom stereocenters. The van der Waals surface area contributed by atoms with Gasteiger partial charge in [0.05, 0.1) is 0 Å². The maximum atomic E-state index is 6.25. The summed E-state index contributed by atoms with van der Waals surface area (Å²) in [6.07, 6.45) is 0. The Kier molecular flexibility index (Phi) is 4.01. The van der Waals surface area contributed by atoms with Crippen LogP contribution in [0.4, 0.5) is 5.69 Å². The van der Waals surface area contributed by atoms with Crippen LogP contribution in [0.25, 0.3) is 0 Å². The maximum Gasteiger partial charge on any atom is 0.130 e. The number of rotatable bonds is 3. The molecule has 2 aromatic rings. The number of nitrogen functional groups attached to an aromatic ring is 1. The second kappa shape index (κ2) is 5.54. The Morgan fingerprint density at radius 1 is 1.11 bits per heavy atom. The van der Waals surface area contributed by atoms with Crippen LogP contribution in [0, 0.1) is 6.92 Å². The van der Waals surface area contributed by atoms with E-state index in [-0.39, 0.29) is 0 Å². The van der Waals surface area contributed by atoms with Gasteiger partial charge in [-0.25, -0.2) is 0 Å². The van der Waals surface area contributed by atoms with E-state index in [4.69, 9.17) is 22.1 Å². The predicted molar refractivity (Wildman–Crippen MR) is 81.2 cm³/mol. The van der Waals surface area contributed by atoms with Gasteiger partial charge in [-0.3, -0.25) is 0 Å². The van der Waals surface area contributed by atoms with Crippen molar-refractivity contribution in [3.05, 3.63) is 52.5 Å². The van der Waals surface area contributed by atoms with Gasteiger partial charge in [0, 0.05) is 10.7 Å². The topological polar surface area (TPSA) is 35.2 Å². The second-order valence-corrected chi connectivity index (χ2v) is 5.37. The molecule has 0 heterocycles. The molecule has 0 radical (unpaired) electrons. The molecule has 2 N–H and O–H groups in total. The summed E-state index contributed by atoms with van der Waals surface area (Å²) in [5.41, 5.74) is 8.50. The lowest BCUT2D eigenvalue weighted by Crippen LogP contribution is -1.94. The van der Waals surface area contributed by atoms with Crippen LogP contribution in [0.2, 0.25) is 5.02 Å². The molecule has 0 aromatic heterocycles. The quantitative estimate of drug-likeness (QED) is 0.787. The van der Waals surface area contributed by atoms with Crippen molar-refractivity contribution < 1.29 is 4.74 Å². The van der Waals surface area contributed by atoms with E-state index in [1.807, 2.05) is 43.3 Å². The minimum absolute atomic E-state index is 0.363. The van der Waals surface area contributed by atoms with Crippen LogP contribution in [-0.2, 0) is 0 Å². The van der Waals surface area contributed by atoms with E-state index in [1.54, 1.807) is 0 Å². The van der Waals surface area contributed by atoms with Crippen LogP contribution in [0.15, 0.2) is 36.4 Å². The van der Waals surface area contributed by atoms with Crippen LogP contribution >= 0.6 is 11.6 Å². The summed E-state index contributed by atoms with van der Waals surface area (Å²) in [5.74, 6) is 1.97. The average Bonchev–Trinajstić information content (AvgIpc) is 2.34. The molecule has 0 spiro atoms. The van der Waals surface area contributed by atoms with Crippen LogP contribution in [0.5, 0.6) is 11.5 Å². The zero-order chi connectivity index (χ0) is 14.0. The van der Waals surface area contributed by atoms with E-state index in [9.17, 15) is 0 Å². The molecule has 0 fully saturated rings. The first-order valence-electron chi connectivity index (χ1n) is 6.31. The highest BCUT2D eigenvalue weighted by atomic mass is 35.5. The molecule has 0 aliphatic heterocycles. The summed E-state index contributed by atoms with van der Waals surface area (Å²) >= 11 is 6.25. The largest absolute Gasteiger partial charge is 0.457 e. The standard InChI is InChI=1S/C16H18ClNO/c1-10(2)14-9-16(11(3)8-15(14)17)19-13-6-4-12(18)5-7-13/h4-10H,18H2,1-3H3. The van der Waals surface area contributed by atoms with Gasteiger partial charge >= 0.3 is 0 Å². The number of halogens is 1. The molecule has 0 bridgehead atoms. The van der Waals surface area contributed by atoms with Gasteiger partial charge < -0.3 is 10.5 Å². The third kappa shape index (κ3) is 3.21. The third-order valence-corrected chi connectivity index (χ3v) is 3.35. The van der Waals surface area contributed by atoms with Gasteiger partial charge in [-0.15, -0.1) is 0 Å². The van der Waals surface area contributed by atoms with E-state index < -0.39 is 0 Å². The molecule has 0 amide bonds. The minimum atomic E-state index is 0.363. The second-order valence-electron chi connectivity index (χ2n) is 4.97. The van der Waals surface area contributed by atoms with Crippen LogP contribution in [-0.4, -0.2) is 0 Å². The van der Waals surface area contributed by atoms with Crippen LogP contribution < -0.4 is 10.5 Å². The number of anilines is 1. The molecule has 2 nitrogen and oxygen atoms in total. The molecule has 2 rings (SSSR count). The van der Waals surface area contributed by atoms with Gasteiger partial charge in [-0.2, -0.15) is 0 Å². The van der Waals surface area contributed by atoms with Gasteiger partial charge in [0.25, 0.3) is 0 Å². The average molecular weight is 276 g/mol. The Morgan fingerprint density at radius 2 is 1.74 bits per heavy atom. The predicted octanol–water partition coefficient (Wildman–Crippen LogP) is 5.15. The number of nitrogens with two attached hydrogens (primary N) is 1. The van der Waals surface area contributed by atoms with Crippen molar-refractivity contribution in [1.82, 2.24) is 0 Å². The van der Waals surface area contributed by atoms with Crippen molar-refractivity contribution in [1.29, 1.82) is 0 Å². The lowest BCUT2D eigenvalue weighted by atomic mass is 10.0. The van der Waals surface area contributed by atoms with Crippen molar-refractivity contribution >= 4 is 17.3 Å². The molecule has 0 unspecified atom stereocenters. The third-order valence-electron chi connectivity index (χ3n) is 3.02. The first kappa shape index (κ1) is 13.8. The molecule has 0 aliphatic carbocycles. The molecule has 0 saturated heterocycles. The minimum Gasteiger partial charge on any atom is -0.457 e. The first-order chi connectivity index (χ1) is 8.97. The molecule has 0 saturated carbocycles. The van der Waals surface area contributed by atoms with Gasteiger partial charge in [-0.05, 0) is 60.4 Å². The monoisotopic (exact) mass is 275 g/mol. The molecule has 2 aromatic carbocycles. The fraction of sp³-hybridized carbons (Fsp3) is 0.250. The maximum absolute atomic E-state index is 6.25. The van der Waals surface area contributed by atoms with Crippen LogP contribution in [0.1, 0.15) is 30.9 Å². The lowest BCUT2D eigenvalue weighted by Gasteiger charge is -2.14. The van der Waals surface area contributed by atoms with E-state index in [1.165, 1.54) is 0 Å². The van der Waals surface area contributed by atoms with Gasteiger partial charge in [0.15, 0.2) is 0 Å². The van der Waals surface area contributed by atoms with E-state index in [0.717, 1.165) is 33.3 Å². The fourth-order valence-electron chi connectivity index (χ4n) is 1.88. The fourth-order valence-corrected chi connectivity index (χ4v) is 2.32. The Morgan fingerprint density at radius 3 is 2.32 bits per heavy atom. The molecule has 19 heavy (non-hydrogen) atoms. The molecule has 0 aliphatic rings.